The molecule has 1 N–H and O–H groups in total. The van der Waals surface area contributed by atoms with E-state index in [2.05, 4.69) is 34.7 Å². The predicted octanol–water partition coefficient (Wildman–Crippen LogP) is 1.86. The number of alkyl halides is 1. The molecule has 0 aliphatic carbocycles. The summed E-state index contributed by atoms with van der Waals surface area (Å²) in [6.45, 7) is 6.46. The molecule has 3 heteroatoms. The summed E-state index contributed by atoms with van der Waals surface area (Å²) in [5, 5.41) is 10.6. The summed E-state index contributed by atoms with van der Waals surface area (Å²) in [6.07, 6.45) is 2.01. The lowest BCUT2D eigenvalue weighted by atomic mass is 10.00. The molecule has 0 aromatic rings. The van der Waals surface area contributed by atoms with Gasteiger partial charge in [0, 0.05) is 24.5 Å². The van der Waals surface area contributed by atoms with Gasteiger partial charge < -0.3 is 5.11 Å². The standard InChI is InChI=1S/C10H20BrNO/c1-8(5-11)6-12-7-10(13)4-3-9(12)2/h8-10,13H,3-7H2,1-2H3/t8?,9-,10-/m1/s1. The van der Waals surface area contributed by atoms with Crippen molar-refractivity contribution in [2.75, 3.05) is 18.4 Å². The smallest absolute Gasteiger partial charge is 0.0667 e. The maximum absolute atomic E-state index is 9.53. The van der Waals surface area contributed by atoms with Crippen molar-refractivity contribution in [1.29, 1.82) is 0 Å². The number of nitrogens with zero attached hydrogens (tertiary/aromatic N) is 1. The molecule has 2 nitrogen and oxygen atoms in total. The van der Waals surface area contributed by atoms with E-state index in [1.165, 1.54) is 0 Å². The first-order chi connectivity index (χ1) is 6.13. The molecule has 0 aromatic heterocycles. The fourth-order valence-corrected chi connectivity index (χ4v) is 2.07. The van der Waals surface area contributed by atoms with E-state index in [0.717, 1.165) is 31.3 Å². The van der Waals surface area contributed by atoms with Crippen LogP contribution in [0.25, 0.3) is 0 Å². The Bertz CT molecular complexity index is 154. The van der Waals surface area contributed by atoms with Gasteiger partial charge in [-0.05, 0) is 25.7 Å². The second kappa shape index (κ2) is 5.32. The van der Waals surface area contributed by atoms with Crippen LogP contribution in [0.1, 0.15) is 26.7 Å². The average molecular weight is 250 g/mol. The number of likely N-dealkylation sites (tertiary alicyclic amines) is 1. The Hall–Kier alpha value is 0.400. The van der Waals surface area contributed by atoms with Crippen molar-refractivity contribution in [2.45, 2.75) is 38.8 Å². The summed E-state index contributed by atoms with van der Waals surface area (Å²) in [4.78, 5) is 2.40. The fourth-order valence-electron chi connectivity index (χ4n) is 1.86. The highest BCUT2D eigenvalue weighted by Gasteiger charge is 2.24. The Morgan fingerprint density at radius 2 is 2.23 bits per heavy atom. The van der Waals surface area contributed by atoms with E-state index in [1.807, 2.05) is 0 Å². The molecule has 0 radical (unpaired) electrons. The molecule has 1 unspecified atom stereocenters. The van der Waals surface area contributed by atoms with E-state index in [9.17, 15) is 5.11 Å². The lowest BCUT2D eigenvalue weighted by molar-refractivity contribution is 0.0352. The van der Waals surface area contributed by atoms with Gasteiger partial charge in [-0.1, -0.05) is 22.9 Å². The normalized spacial score (nSPS) is 33.2. The van der Waals surface area contributed by atoms with Crippen molar-refractivity contribution in [3.8, 4) is 0 Å². The van der Waals surface area contributed by atoms with E-state index in [4.69, 9.17) is 0 Å². The number of piperidine rings is 1. The molecule has 13 heavy (non-hydrogen) atoms. The molecular formula is C10H20BrNO. The van der Waals surface area contributed by atoms with E-state index < -0.39 is 0 Å². The molecule has 78 valence electrons. The maximum atomic E-state index is 9.53. The first kappa shape index (κ1) is 11.5. The zero-order valence-corrected chi connectivity index (χ0v) is 10.1. The lowest BCUT2D eigenvalue weighted by Gasteiger charge is -2.37. The number of hydrogen-bond donors (Lipinski definition) is 1. The summed E-state index contributed by atoms with van der Waals surface area (Å²) >= 11 is 3.49. The van der Waals surface area contributed by atoms with Crippen molar-refractivity contribution >= 4 is 15.9 Å². The van der Waals surface area contributed by atoms with Crippen LogP contribution in [0.4, 0.5) is 0 Å². The number of hydrogen-bond acceptors (Lipinski definition) is 2. The van der Waals surface area contributed by atoms with Crippen LogP contribution in [0.15, 0.2) is 0 Å². The third-order valence-electron chi connectivity index (χ3n) is 2.80. The first-order valence-corrected chi connectivity index (χ1v) is 6.23. The molecule has 1 aliphatic rings. The van der Waals surface area contributed by atoms with Gasteiger partial charge in [-0.2, -0.15) is 0 Å². The SMILES string of the molecule is CC(CBr)CN1C[C@H](O)CC[C@H]1C. The third-order valence-corrected chi connectivity index (χ3v) is 3.90. The molecule has 0 spiro atoms. The second-order valence-electron chi connectivity index (χ2n) is 4.29. The minimum absolute atomic E-state index is 0.0984. The zero-order valence-electron chi connectivity index (χ0n) is 8.54. The van der Waals surface area contributed by atoms with Crippen LogP contribution in [0.5, 0.6) is 0 Å². The van der Waals surface area contributed by atoms with Crippen molar-refractivity contribution in [3.05, 3.63) is 0 Å². The Morgan fingerprint density at radius 3 is 2.85 bits per heavy atom. The fraction of sp³-hybridized carbons (Fsp3) is 1.00. The minimum atomic E-state index is -0.0984. The number of β-amino-alcohol motifs (C(OH)–C–C–N with tert-alkyl or cyclic N) is 1. The summed E-state index contributed by atoms with van der Waals surface area (Å²) in [6, 6.07) is 0.643. The van der Waals surface area contributed by atoms with Crippen molar-refractivity contribution in [2.24, 2.45) is 5.92 Å². The first-order valence-electron chi connectivity index (χ1n) is 5.11. The van der Waals surface area contributed by atoms with Crippen LogP contribution in [-0.2, 0) is 0 Å². The Morgan fingerprint density at radius 1 is 1.54 bits per heavy atom. The van der Waals surface area contributed by atoms with Gasteiger partial charge in [-0.25, -0.2) is 0 Å². The molecule has 1 rings (SSSR count). The molecule has 0 bridgehead atoms. The van der Waals surface area contributed by atoms with E-state index in [0.29, 0.717) is 12.0 Å². The van der Waals surface area contributed by atoms with Crippen LogP contribution in [0.2, 0.25) is 0 Å². The second-order valence-corrected chi connectivity index (χ2v) is 4.94. The maximum Gasteiger partial charge on any atom is 0.0667 e. The summed E-state index contributed by atoms with van der Waals surface area (Å²) in [7, 11) is 0. The van der Waals surface area contributed by atoms with Crippen molar-refractivity contribution in [3.63, 3.8) is 0 Å². The summed E-state index contributed by atoms with van der Waals surface area (Å²) in [5.41, 5.74) is 0. The topological polar surface area (TPSA) is 23.5 Å². The monoisotopic (exact) mass is 249 g/mol. The van der Waals surface area contributed by atoms with Crippen molar-refractivity contribution < 1.29 is 5.11 Å². The Labute approximate surface area is 89.4 Å². The third kappa shape index (κ3) is 3.56. The number of halogens is 1. The number of aliphatic hydroxyl groups is 1. The van der Waals surface area contributed by atoms with E-state index in [-0.39, 0.29) is 6.10 Å². The number of rotatable bonds is 3. The minimum Gasteiger partial charge on any atom is -0.392 e. The van der Waals surface area contributed by atoms with Gasteiger partial charge in [-0.15, -0.1) is 0 Å². The highest BCUT2D eigenvalue weighted by atomic mass is 79.9. The quantitative estimate of drug-likeness (QED) is 0.773. The molecule has 0 aromatic carbocycles. The summed E-state index contributed by atoms with van der Waals surface area (Å²) in [5.74, 6) is 0.674. The lowest BCUT2D eigenvalue weighted by Crippen LogP contribution is -2.46. The van der Waals surface area contributed by atoms with Crippen LogP contribution >= 0.6 is 15.9 Å². The molecule has 0 saturated carbocycles. The van der Waals surface area contributed by atoms with Gasteiger partial charge in [0.25, 0.3) is 0 Å². The Kier molecular flexibility index (Phi) is 4.70. The van der Waals surface area contributed by atoms with Gasteiger partial charge in [0.1, 0.15) is 0 Å². The summed E-state index contributed by atoms with van der Waals surface area (Å²) < 4.78 is 0. The van der Waals surface area contributed by atoms with Gasteiger partial charge in [0.2, 0.25) is 0 Å². The van der Waals surface area contributed by atoms with E-state index >= 15 is 0 Å². The largest absolute Gasteiger partial charge is 0.392 e. The molecule has 1 saturated heterocycles. The molecule has 3 atom stereocenters. The van der Waals surface area contributed by atoms with Crippen LogP contribution in [0.3, 0.4) is 0 Å². The highest BCUT2D eigenvalue weighted by Crippen LogP contribution is 2.18. The molecule has 1 aliphatic heterocycles. The number of aliphatic hydroxyl groups excluding tert-OH is 1. The zero-order chi connectivity index (χ0) is 9.84. The average Bonchev–Trinajstić information content (AvgIpc) is 2.11. The van der Waals surface area contributed by atoms with Crippen LogP contribution in [0, 0.1) is 5.92 Å². The van der Waals surface area contributed by atoms with Gasteiger partial charge in [0.15, 0.2) is 0 Å². The molecular weight excluding hydrogens is 230 g/mol. The van der Waals surface area contributed by atoms with Crippen LogP contribution in [-0.4, -0.2) is 40.6 Å². The Balaban J connectivity index is 2.37. The predicted molar refractivity (Wildman–Crippen MR) is 59.2 cm³/mol. The highest BCUT2D eigenvalue weighted by molar-refractivity contribution is 9.09. The van der Waals surface area contributed by atoms with Gasteiger partial charge in [-0.3, -0.25) is 4.90 Å². The van der Waals surface area contributed by atoms with Crippen LogP contribution < -0.4 is 0 Å². The molecule has 1 fully saturated rings. The van der Waals surface area contributed by atoms with Gasteiger partial charge in [0.05, 0.1) is 6.10 Å². The van der Waals surface area contributed by atoms with Gasteiger partial charge >= 0.3 is 0 Å². The van der Waals surface area contributed by atoms with Crippen molar-refractivity contribution in [1.82, 2.24) is 4.90 Å². The molecule has 1 heterocycles. The van der Waals surface area contributed by atoms with E-state index in [1.54, 1.807) is 0 Å². The molecule has 0 amide bonds.